The van der Waals surface area contributed by atoms with Crippen LogP contribution in [-0.2, 0) is 19.1 Å². The van der Waals surface area contributed by atoms with Gasteiger partial charge in [-0.25, -0.2) is 0 Å². The number of esters is 2. The summed E-state index contributed by atoms with van der Waals surface area (Å²) in [5.74, 6) is -0.00838. The van der Waals surface area contributed by atoms with Gasteiger partial charge in [-0.1, -0.05) is 162 Å². The van der Waals surface area contributed by atoms with Gasteiger partial charge < -0.3 is 20.1 Å². The van der Waals surface area contributed by atoms with E-state index in [4.69, 9.17) is 15.2 Å². The van der Waals surface area contributed by atoms with E-state index in [0.717, 1.165) is 71.0 Å². The molecule has 0 aliphatic rings. The summed E-state index contributed by atoms with van der Waals surface area (Å²) in [5, 5.41) is 0. The highest BCUT2D eigenvalue weighted by atomic mass is 16.5. The number of carbonyl (C=O) groups is 2. The van der Waals surface area contributed by atoms with E-state index < -0.39 is 0 Å². The number of rotatable bonds is 41. The average molecular weight is 709 g/mol. The first-order valence-corrected chi connectivity index (χ1v) is 22.3. The molecule has 0 atom stereocenters. The van der Waals surface area contributed by atoms with Crippen LogP contribution in [0.1, 0.15) is 233 Å². The van der Waals surface area contributed by atoms with Gasteiger partial charge in [-0.3, -0.25) is 9.59 Å². The summed E-state index contributed by atoms with van der Waals surface area (Å²) in [6.45, 7) is 11.1. The largest absolute Gasteiger partial charge is 0.466 e. The van der Waals surface area contributed by atoms with Crippen molar-refractivity contribution in [3.63, 3.8) is 0 Å². The van der Waals surface area contributed by atoms with E-state index >= 15 is 0 Å². The van der Waals surface area contributed by atoms with Gasteiger partial charge in [0.05, 0.1) is 6.61 Å². The van der Waals surface area contributed by atoms with E-state index in [9.17, 15) is 9.59 Å². The molecular weight excluding hydrogens is 620 g/mol. The molecule has 0 aliphatic carbocycles. The zero-order chi connectivity index (χ0) is 36.6. The molecule has 0 amide bonds. The standard InChI is InChI=1S/C44H88N2O4/c1-4-7-10-13-16-17-18-24-32-41-49-43(47)35-29-25-31-39-46(40-37-45)38-30-23-19-22-28-36-44(48)50-42(33-26-20-14-11-8-5-2)34-27-21-15-12-9-6-3/h42H,4-41,45H2,1-3H3. The fourth-order valence-corrected chi connectivity index (χ4v) is 6.92. The van der Waals surface area contributed by atoms with Gasteiger partial charge in [0.1, 0.15) is 6.10 Å². The lowest BCUT2D eigenvalue weighted by molar-refractivity contribution is -0.150. The zero-order valence-corrected chi connectivity index (χ0v) is 34.1. The Hall–Kier alpha value is -1.14. The molecule has 50 heavy (non-hydrogen) atoms. The first-order chi connectivity index (χ1) is 24.6. The smallest absolute Gasteiger partial charge is 0.306 e. The highest BCUT2D eigenvalue weighted by Gasteiger charge is 2.14. The van der Waals surface area contributed by atoms with Crippen molar-refractivity contribution in [2.24, 2.45) is 5.73 Å². The lowest BCUT2D eigenvalue weighted by Gasteiger charge is -2.21. The Kier molecular flexibility index (Phi) is 39.7. The van der Waals surface area contributed by atoms with Gasteiger partial charge in [0, 0.05) is 25.9 Å². The van der Waals surface area contributed by atoms with E-state index in [0.29, 0.717) is 26.0 Å². The van der Waals surface area contributed by atoms with Crippen LogP contribution in [0.25, 0.3) is 0 Å². The highest BCUT2D eigenvalue weighted by molar-refractivity contribution is 5.69. The normalized spacial score (nSPS) is 11.6. The van der Waals surface area contributed by atoms with Gasteiger partial charge in [0.15, 0.2) is 0 Å². The zero-order valence-electron chi connectivity index (χ0n) is 34.1. The lowest BCUT2D eigenvalue weighted by atomic mass is 10.0. The maximum atomic E-state index is 12.7. The Morgan fingerprint density at radius 3 is 1.32 bits per heavy atom. The topological polar surface area (TPSA) is 81.9 Å². The molecule has 0 saturated carbocycles. The molecule has 0 saturated heterocycles. The van der Waals surface area contributed by atoms with Crippen molar-refractivity contribution in [3.05, 3.63) is 0 Å². The number of hydrogen-bond donors (Lipinski definition) is 1. The van der Waals surface area contributed by atoms with Crippen molar-refractivity contribution < 1.29 is 19.1 Å². The molecule has 0 spiro atoms. The summed E-state index contributed by atoms with van der Waals surface area (Å²) in [4.78, 5) is 27.3. The predicted molar refractivity (Wildman–Crippen MR) is 216 cm³/mol. The minimum atomic E-state index is -0.0298. The Morgan fingerprint density at radius 2 is 0.840 bits per heavy atom. The lowest BCUT2D eigenvalue weighted by Crippen LogP contribution is -2.31. The molecule has 6 nitrogen and oxygen atoms in total. The van der Waals surface area contributed by atoms with Gasteiger partial charge in [0.25, 0.3) is 0 Å². The van der Waals surface area contributed by atoms with Crippen LogP contribution in [0.2, 0.25) is 0 Å². The van der Waals surface area contributed by atoms with Crippen LogP contribution >= 0.6 is 0 Å². The second-order valence-corrected chi connectivity index (χ2v) is 15.2. The van der Waals surface area contributed by atoms with E-state index in [1.54, 1.807) is 0 Å². The number of ether oxygens (including phenoxy) is 2. The molecule has 0 unspecified atom stereocenters. The van der Waals surface area contributed by atoms with Crippen molar-refractivity contribution in [2.75, 3.05) is 32.8 Å². The summed E-state index contributed by atoms with van der Waals surface area (Å²) in [7, 11) is 0. The molecule has 0 aromatic heterocycles. The van der Waals surface area contributed by atoms with Crippen LogP contribution in [0.15, 0.2) is 0 Å². The molecule has 0 aliphatic heterocycles. The highest BCUT2D eigenvalue weighted by Crippen LogP contribution is 2.18. The number of nitrogens with zero attached hydrogens (tertiary/aromatic N) is 1. The molecular formula is C44H88N2O4. The van der Waals surface area contributed by atoms with Crippen LogP contribution in [-0.4, -0.2) is 55.7 Å². The van der Waals surface area contributed by atoms with Crippen molar-refractivity contribution in [1.29, 1.82) is 0 Å². The second-order valence-electron chi connectivity index (χ2n) is 15.2. The van der Waals surface area contributed by atoms with Crippen molar-refractivity contribution in [2.45, 2.75) is 239 Å². The number of hydrogen-bond acceptors (Lipinski definition) is 6. The predicted octanol–water partition coefficient (Wildman–Crippen LogP) is 12.6. The summed E-state index contributed by atoms with van der Waals surface area (Å²) >= 11 is 0. The summed E-state index contributed by atoms with van der Waals surface area (Å²) < 4.78 is 11.5. The molecule has 0 aromatic carbocycles. The van der Waals surface area contributed by atoms with Crippen molar-refractivity contribution >= 4 is 11.9 Å². The van der Waals surface area contributed by atoms with Crippen molar-refractivity contribution in [3.8, 4) is 0 Å². The minimum absolute atomic E-state index is 0.0214. The maximum absolute atomic E-state index is 12.7. The third kappa shape index (κ3) is 36.6. The monoisotopic (exact) mass is 709 g/mol. The molecule has 6 heteroatoms. The van der Waals surface area contributed by atoms with E-state index in [2.05, 4.69) is 25.7 Å². The molecule has 2 N–H and O–H groups in total. The van der Waals surface area contributed by atoms with Gasteiger partial charge in [-0.05, 0) is 70.9 Å². The minimum Gasteiger partial charge on any atom is -0.466 e. The quantitative estimate of drug-likeness (QED) is 0.0503. The molecule has 298 valence electrons. The van der Waals surface area contributed by atoms with Crippen LogP contribution < -0.4 is 5.73 Å². The SMILES string of the molecule is CCCCCCCCCCCOC(=O)CCCCCN(CCN)CCCCCCCC(=O)OC(CCCCCCCC)CCCCCCCC. The van der Waals surface area contributed by atoms with Crippen LogP contribution in [0, 0.1) is 0 Å². The summed E-state index contributed by atoms with van der Waals surface area (Å²) in [6.07, 6.45) is 38.9. The van der Waals surface area contributed by atoms with E-state index in [1.807, 2.05) is 0 Å². The van der Waals surface area contributed by atoms with E-state index in [1.165, 1.54) is 148 Å². The Balaban J connectivity index is 3.96. The van der Waals surface area contributed by atoms with Gasteiger partial charge in [0.2, 0.25) is 0 Å². The molecule has 0 radical (unpaired) electrons. The first kappa shape index (κ1) is 48.9. The number of unbranched alkanes of at least 4 members (excludes halogenated alkanes) is 24. The van der Waals surface area contributed by atoms with Crippen LogP contribution in [0.3, 0.4) is 0 Å². The van der Waals surface area contributed by atoms with Gasteiger partial charge in [-0.15, -0.1) is 0 Å². The summed E-state index contributed by atoms with van der Waals surface area (Å²) in [5.41, 5.74) is 5.90. The number of carbonyl (C=O) groups excluding carboxylic acids is 2. The Bertz CT molecular complexity index is 688. The molecule has 0 heterocycles. The van der Waals surface area contributed by atoms with Gasteiger partial charge in [-0.2, -0.15) is 0 Å². The first-order valence-electron chi connectivity index (χ1n) is 22.3. The average Bonchev–Trinajstić information content (AvgIpc) is 3.11. The third-order valence-electron chi connectivity index (χ3n) is 10.2. The molecule has 0 bridgehead atoms. The summed E-state index contributed by atoms with van der Waals surface area (Å²) in [6, 6.07) is 0. The van der Waals surface area contributed by atoms with Crippen LogP contribution in [0.4, 0.5) is 0 Å². The third-order valence-corrected chi connectivity index (χ3v) is 10.2. The van der Waals surface area contributed by atoms with Crippen LogP contribution in [0.5, 0.6) is 0 Å². The number of nitrogens with two attached hydrogens (primary N) is 1. The molecule has 0 fully saturated rings. The Labute approximate surface area is 312 Å². The van der Waals surface area contributed by atoms with E-state index in [-0.39, 0.29) is 18.0 Å². The fraction of sp³-hybridized carbons (Fsp3) is 0.955. The Morgan fingerprint density at radius 1 is 0.460 bits per heavy atom. The maximum Gasteiger partial charge on any atom is 0.306 e. The molecule has 0 aromatic rings. The fourth-order valence-electron chi connectivity index (χ4n) is 6.92. The molecule has 0 rings (SSSR count). The second kappa shape index (κ2) is 40.6. The van der Waals surface area contributed by atoms with Crippen molar-refractivity contribution in [1.82, 2.24) is 4.90 Å². The van der Waals surface area contributed by atoms with Gasteiger partial charge >= 0.3 is 11.9 Å².